The van der Waals surface area contributed by atoms with Gasteiger partial charge in [-0.2, -0.15) is 4.98 Å². The molecule has 1 fully saturated rings. The molecule has 2 amide bonds. The molecule has 4 heterocycles. The molecule has 0 radical (unpaired) electrons. The van der Waals surface area contributed by atoms with Gasteiger partial charge < -0.3 is 20.1 Å². The van der Waals surface area contributed by atoms with Gasteiger partial charge in [-0.15, -0.1) is 11.8 Å². The maximum absolute atomic E-state index is 12.7. The van der Waals surface area contributed by atoms with Crippen molar-refractivity contribution in [3.63, 3.8) is 0 Å². The molecule has 3 aromatic rings. The molecule has 0 bridgehead atoms. The molecule has 2 aliphatic heterocycles. The number of hydrogen-bond donors (Lipinski definition) is 2. The number of aromatic nitrogens is 3. The van der Waals surface area contributed by atoms with E-state index in [0.29, 0.717) is 72.5 Å². The fraction of sp³-hybridized carbons (Fsp3) is 0.375. The highest BCUT2D eigenvalue weighted by Crippen LogP contribution is 2.35. The Morgan fingerprint density at radius 2 is 2.08 bits per heavy atom. The van der Waals surface area contributed by atoms with Gasteiger partial charge in [-0.1, -0.05) is 0 Å². The number of anilines is 2. The first kappa shape index (κ1) is 24.1. The van der Waals surface area contributed by atoms with E-state index in [2.05, 4.69) is 20.6 Å². The van der Waals surface area contributed by atoms with Crippen LogP contribution >= 0.6 is 11.8 Å². The number of cyclic esters (lactones) is 1. The highest BCUT2D eigenvalue weighted by Gasteiger charge is 2.32. The van der Waals surface area contributed by atoms with E-state index in [1.165, 1.54) is 18.9 Å². The number of methoxy groups -OCH3 is 1. The SMILES string of the molecule is COc1ccc2nc(C)c(=O)n(CCCNCC3CN(c4ccc5c(c4)NC(=O)CS5)C(=O)O3)c2n1. The van der Waals surface area contributed by atoms with E-state index in [1.54, 1.807) is 34.6 Å². The molecule has 2 N–H and O–H groups in total. The maximum atomic E-state index is 12.7. The molecule has 1 saturated heterocycles. The van der Waals surface area contributed by atoms with Crippen LogP contribution in [0.3, 0.4) is 0 Å². The van der Waals surface area contributed by atoms with Crippen molar-refractivity contribution in [3.8, 4) is 5.88 Å². The first-order valence-corrected chi connectivity index (χ1v) is 12.6. The lowest BCUT2D eigenvalue weighted by atomic mass is 10.2. The van der Waals surface area contributed by atoms with Crippen LogP contribution in [0.1, 0.15) is 12.1 Å². The summed E-state index contributed by atoms with van der Waals surface area (Å²) < 4.78 is 12.3. The van der Waals surface area contributed by atoms with Gasteiger partial charge in [-0.05, 0) is 44.2 Å². The van der Waals surface area contributed by atoms with Crippen molar-refractivity contribution < 1.29 is 19.1 Å². The number of carbonyl (C=O) groups excluding carboxylic acids is 2. The molecule has 2 aliphatic rings. The van der Waals surface area contributed by atoms with Crippen molar-refractivity contribution in [2.45, 2.75) is 30.9 Å². The van der Waals surface area contributed by atoms with Crippen molar-refractivity contribution in [3.05, 3.63) is 46.4 Å². The van der Waals surface area contributed by atoms with Crippen molar-refractivity contribution in [2.24, 2.45) is 0 Å². The highest BCUT2D eigenvalue weighted by molar-refractivity contribution is 8.00. The van der Waals surface area contributed by atoms with Crippen molar-refractivity contribution in [1.82, 2.24) is 19.9 Å². The zero-order valence-corrected chi connectivity index (χ0v) is 20.8. The van der Waals surface area contributed by atoms with E-state index in [9.17, 15) is 14.4 Å². The first-order chi connectivity index (χ1) is 17.4. The van der Waals surface area contributed by atoms with Gasteiger partial charge in [0, 0.05) is 29.7 Å². The van der Waals surface area contributed by atoms with Crippen LogP contribution < -0.4 is 25.8 Å². The molecule has 1 aromatic carbocycles. The third-order valence-corrected chi connectivity index (χ3v) is 7.10. The van der Waals surface area contributed by atoms with Crippen LogP contribution in [0.4, 0.5) is 16.2 Å². The number of pyridine rings is 1. The molecule has 188 valence electrons. The lowest BCUT2D eigenvalue weighted by Crippen LogP contribution is -2.32. The zero-order valence-electron chi connectivity index (χ0n) is 19.9. The minimum atomic E-state index is -0.415. The smallest absolute Gasteiger partial charge is 0.414 e. The largest absolute Gasteiger partial charge is 0.481 e. The molecule has 0 saturated carbocycles. The number of aryl methyl sites for hydroxylation is 2. The summed E-state index contributed by atoms with van der Waals surface area (Å²) in [5, 5.41) is 6.16. The van der Waals surface area contributed by atoms with Gasteiger partial charge in [-0.25, -0.2) is 9.78 Å². The Hall–Kier alpha value is -3.64. The number of thioether (sulfide) groups is 1. The molecule has 2 aromatic heterocycles. The number of ether oxygens (including phenoxy) is 2. The van der Waals surface area contributed by atoms with E-state index >= 15 is 0 Å². The Kier molecular flexibility index (Phi) is 6.79. The number of benzene rings is 1. The molecule has 5 rings (SSSR count). The molecule has 0 spiro atoms. The summed E-state index contributed by atoms with van der Waals surface area (Å²) in [6, 6.07) is 9.08. The summed E-state index contributed by atoms with van der Waals surface area (Å²) in [7, 11) is 1.53. The minimum Gasteiger partial charge on any atom is -0.481 e. The molecule has 1 atom stereocenters. The second-order valence-electron chi connectivity index (χ2n) is 8.54. The third kappa shape index (κ3) is 4.86. The second-order valence-corrected chi connectivity index (χ2v) is 9.56. The third-order valence-electron chi connectivity index (χ3n) is 6.03. The van der Waals surface area contributed by atoms with Crippen LogP contribution in [-0.2, 0) is 16.1 Å². The molecular formula is C24H26N6O5S. The van der Waals surface area contributed by atoms with Crippen LogP contribution in [-0.4, -0.2) is 65.1 Å². The summed E-state index contributed by atoms with van der Waals surface area (Å²) in [4.78, 5) is 48.1. The number of carbonyl (C=O) groups is 2. The number of amides is 2. The van der Waals surface area contributed by atoms with Crippen LogP contribution in [0.2, 0.25) is 0 Å². The van der Waals surface area contributed by atoms with Crippen LogP contribution in [0.5, 0.6) is 5.88 Å². The minimum absolute atomic E-state index is 0.0529. The zero-order chi connectivity index (χ0) is 25.2. The van der Waals surface area contributed by atoms with Gasteiger partial charge in [0.2, 0.25) is 11.8 Å². The Balaban J connectivity index is 1.16. The number of nitrogens with one attached hydrogen (secondary N) is 2. The summed E-state index contributed by atoms with van der Waals surface area (Å²) in [6.45, 7) is 3.66. The van der Waals surface area contributed by atoms with Crippen LogP contribution in [0.15, 0.2) is 40.0 Å². The van der Waals surface area contributed by atoms with Crippen molar-refractivity contribution in [2.75, 3.05) is 42.7 Å². The maximum Gasteiger partial charge on any atom is 0.414 e. The fourth-order valence-electron chi connectivity index (χ4n) is 4.25. The van der Waals surface area contributed by atoms with E-state index in [4.69, 9.17) is 9.47 Å². The van der Waals surface area contributed by atoms with Gasteiger partial charge in [0.1, 0.15) is 17.3 Å². The lowest BCUT2D eigenvalue weighted by molar-refractivity contribution is -0.113. The highest BCUT2D eigenvalue weighted by atomic mass is 32.2. The quantitative estimate of drug-likeness (QED) is 0.438. The predicted octanol–water partition coefficient (Wildman–Crippen LogP) is 2.16. The lowest BCUT2D eigenvalue weighted by Gasteiger charge is -2.20. The molecule has 11 nitrogen and oxygen atoms in total. The molecule has 36 heavy (non-hydrogen) atoms. The molecular weight excluding hydrogens is 484 g/mol. The number of fused-ring (bicyclic) bond motifs is 2. The summed E-state index contributed by atoms with van der Waals surface area (Å²) >= 11 is 1.48. The van der Waals surface area contributed by atoms with E-state index in [-0.39, 0.29) is 17.6 Å². The van der Waals surface area contributed by atoms with E-state index < -0.39 is 6.09 Å². The van der Waals surface area contributed by atoms with E-state index in [0.717, 1.165) is 4.90 Å². The van der Waals surface area contributed by atoms with Crippen molar-refractivity contribution in [1.29, 1.82) is 0 Å². The topological polar surface area (TPSA) is 128 Å². The number of rotatable bonds is 8. The van der Waals surface area contributed by atoms with E-state index in [1.807, 2.05) is 12.1 Å². The fourth-order valence-corrected chi connectivity index (χ4v) is 5.04. The van der Waals surface area contributed by atoms with Gasteiger partial charge in [-0.3, -0.25) is 19.1 Å². The standard InChI is InChI=1S/C24H26N6O5S/c1-14-23(32)29(22-17(26-14)5-7-21(28-22)34-2)9-3-8-25-11-16-12-30(24(33)35-16)15-4-6-19-18(10-15)27-20(31)13-36-19/h4-7,10,16,25H,3,8-9,11-13H2,1-2H3,(H,27,31). The average molecular weight is 511 g/mol. The normalized spacial score (nSPS) is 17.2. The Morgan fingerprint density at radius 1 is 1.22 bits per heavy atom. The summed E-state index contributed by atoms with van der Waals surface area (Å²) in [5.41, 5.74) is 2.77. The van der Waals surface area contributed by atoms with Gasteiger partial charge in [0.15, 0.2) is 5.65 Å². The average Bonchev–Trinajstić information content (AvgIpc) is 3.25. The number of hydrogen-bond acceptors (Lipinski definition) is 9. The first-order valence-electron chi connectivity index (χ1n) is 11.6. The Labute approximate surface area is 211 Å². The Morgan fingerprint density at radius 3 is 2.92 bits per heavy atom. The van der Waals surface area contributed by atoms with Gasteiger partial charge in [0.05, 0.1) is 25.1 Å². The van der Waals surface area contributed by atoms with Gasteiger partial charge in [0.25, 0.3) is 5.56 Å². The van der Waals surface area contributed by atoms with Gasteiger partial charge >= 0.3 is 6.09 Å². The summed E-state index contributed by atoms with van der Waals surface area (Å²) in [5.74, 6) is 0.761. The number of nitrogens with zero attached hydrogens (tertiary/aromatic N) is 4. The van der Waals surface area contributed by atoms with Crippen LogP contribution in [0, 0.1) is 6.92 Å². The van der Waals surface area contributed by atoms with Crippen molar-refractivity contribution >= 4 is 46.3 Å². The van der Waals surface area contributed by atoms with Crippen LogP contribution in [0.25, 0.3) is 11.2 Å². The summed E-state index contributed by atoms with van der Waals surface area (Å²) in [6.07, 6.45) is -0.0545. The second kappa shape index (κ2) is 10.2. The molecule has 1 unspecified atom stereocenters. The Bertz CT molecular complexity index is 1390. The monoisotopic (exact) mass is 510 g/mol. The predicted molar refractivity (Wildman–Crippen MR) is 136 cm³/mol. The molecule has 0 aliphatic carbocycles. The molecule has 12 heteroatoms.